The van der Waals surface area contributed by atoms with Crippen LogP contribution in [-0.2, 0) is 11.3 Å². The Kier molecular flexibility index (Phi) is 4.63. The van der Waals surface area contributed by atoms with E-state index in [1.165, 1.54) is 18.4 Å². The van der Waals surface area contributed by atoms with Crippen LogP contribution in [0, 0.1) is 23.7 Å². The average Bonchev–Trinajstić information content (AvgIpc) is 3.11. The first-order chi connectivity index (χ1) is 10.6. The zero-order valence-electron chi connectivity index (χ0n) is 13.5. The highest BCUT2D eigenvalue weighted by atomic mass is 16.1. The van der Waals surface area contributed by atoms with Gasteiger partial charge >= 0.3 is 0 Å². The summed E-state index contributed by atoms with van der Waals surface area (Å²) in [5.41, 5.74) is 2.14. The molecule has 0 aromatic heterocycles. The van der Waals surface area contributed by atoms with E-state index in [4.69, 9.17) is 0 Å². The van der Waals surface area contributed by atoms with Crippen molar-refractivity contribution in [2.24, 2.45) is 23.7 Å². The Morgan fingerprint density at radius 1 is 1.18 bits per heavy atom. The first kappa shape index (κ1) is 15.3. The molecule has 3 rings (SSSR count). The predicted octanol–water partition coefficient (Wildman–Crippen LogP) is 3.58. The van der Waals surface area contributed by atoms with Gasteiger partial charge in [0.1, 0.15) is 0 Å². The van der Waals surface area contributed by atoms with Crippen molar-refractivity contribution < 1.29 is 4.79 Å². The Morgan fingerprint density at radius 2 is 1.95 bits per heavy atom. The summed E-state index contributed by atoms with van der Waals surface area (Å²) >= 11 is 0. The van der Waals surface area contributed by atoms with Crippen molar-refractivity contribution in [3.63, 3.8) is 0 Å². The minimum Gasteiger partial charge on any atom is -0.326 e. The summed E-state index contributed by atoms with van der Waals surface area (Å²) < 4.78 is 0. The third-order valence-electron chi connectivity index (χ3n) is 4.90. The molecule has 3 unspecified atom stereocenters. The molecule has 2 aliphatic carbocycles. The van der Waals surface area contributed by atoms with Crippen LogP contribution in [0.25, 0.3) is 0 Å². The van der Waals surface area contributed by atoms with E-state index in [-0.39, 0.29) is 11.8 Å². The van der Waals surface area contributed by atoms with Gasteiger partial charge in [-0.2, -0.15) is 0 Å². The van der Waals surface area contributed by atoms with Crippen LogP contribution in [0.15, 0.2) is 36.4 Å². The van der Waals surface area contributed by atoms with Gasteiger partial charge < -0.3 is 10.6 Å². The Bertz CT molecular complexity index is 547. The zero-order chi connectivity index (χ0) is 15.5. The molecule has 2 aliphatic rings. The van der Waals surface area contributed by atoms with E-state index in [2.05, 4.69) is 34.9 Å². The van der Waals surface area contributed by atoms with E-state index in [1.54, 1.807) is 0 Å². The molecule has 3 heteroatoms. The third-order valence-corrected chi connectivity index (χ3v) is 4.90. The molecular formula is C19H26N2O. The van der Waals surface area contributed by atoms with Gasteiger partial charge in [-0.05, 0) is 54.8 Å². The maximum atomic E-state index is 11.6. The Balaban J connectivity index is 1.43. The quantitative estimate of drug-likeness (QED) is 0.788. The Hall–Kier alpha value is -1.61. The lowest BCUT2D eigenvalue weighted by Crippen LogP contribution is -2.25. The fraction of sp³-hybridized carbons (Fsp3) is 0.526. The molecule has 118 valence electrons. The number of carbonyl (C=O) groups excluding carboxylic acids is 1. The molecule has 1 saturated carbocycles. The summed E-state index contributed by atoms with van der Waals surface area (Å²) in [5.74, 6) is 2.55. The van der Waals surface area contributed by atoms with Crippen molar-refractivity contribution in [1.82, 2.24) is 5.32 Å². The number of hydrogen-bond acceptors (Lipinski definition) is 2. The zero-order valence-corrected chi connectivity index (χ0v) is 13.5. The highest BCUT2D eigenvalue weighted by Gasteiger charge is 2.34. The van der Waals surface area contributed by atoms with Gasteiger partial charge in [-0.1, -0.05) is 38.1 Å². The summed E-state index contributed by atoms with van der Waals surface area (Å²) in [6.45, 7) is 5.81. The maximum absolute atomic E-state index is 11.6. The van der Waals surface area contributed by atoms with Gasteiger partial charge in [0.25, 0.3) is 0 Å². The summed E-state index contributed by atoms with van der Waals surface area (Å²) in [6.07, 6.45) is 7.53. The lowest BCUT2D eigenvalue weighted by molar-refractivity contribution is -0.118. The molecule has 1 aromatic rings. The molecule has 3 atom stereocenters. The smallest absolute Gasteiger partial charge is 0.226 e. The standard InChI is InChI=1S/C19H26N2O/c1-13(2)19(22)21-18-7-4-14(5-8-18)11-20-12-17-10-15-3-6-16(17)9-15/h3-8,13,15-17,20H,9-12H2,1-2H3,(H,21,22). The number of allylic oxidation sites excluding steroid dienone is 2. The number of fused-ring (bicyclic) bond motifs is 2. The van der Waals surface area contributed by atoms with Crippen LogP contribution >= 0.6 is 0 Å². The fourth-order valence-electron chi connectivity index (χ4n) is 3.52. The molecule has 2 bridgehead atoms. The van der Waals surface area contributed by atoms with Crippen molar-refractivity contribution in [3.05, 3.63) is 42.0 Å². The minimum absolute atomic E-state index is 0.0112. The predicted molar refractivity (Wildman–Crippen MR) is 90.5 cm³/mol. The Labute approximate surface area is 133 Å². The molecule has 1 fully saturated rings. The minimum atomic E-state index is 0.0112. The first-order valence-electron chi connectivity index (χ1n) is 8.40. The molecule has 0 spiro atoms. The second-order valence-corrected chi connectivity index (χ2v) is 7.01. The number of amides is 1. The third kappa shape index (κ3) is 3.58. The van der Waals surface area contributed by atoms with Gasteiger partial charge in [0.2, 0.25) is 5.91 Å². The van der Waals surface area contributed by atoms with Gasteiger partial charge in [0, 0.05) is 18.2 Å². The van der Waals surface area contributed by atoms with Gasteiger partial charge in [-0.25, -0.2) is 0 Å². The summed E-state index contributed by atoms with van der Waals surface area (Å²) in [5, 5.41) is 6.51. The second-order valence-electron chi connectivity index (χ2n) is 7.01. The molecule has 0 aliphatic heterocycles. The largest absolute Gasteiger partial charge is 0.326 e. The second kappa shape index (κ2) is 6.66. The topological polar surface area (TPSA) is 41.1 Å². The van der Waals surface area contributed by atoms with Crippen LogP contribution in [0.5, 0.6) is 0 Å². The normalized spacial score (nSPS) is 25.9. The van der Waals surface area contributed by atoms with Crippen molar-refractivity contribution in [2.75, 3.05) is 11.9 Å². The monoisotopic (exact) mass is 298 g/mol. The van der Waals surface area contributed by atoms with Crippen LogP contribution < -0.4 is 10.6 Å². The highest BCUT2D eigenvalue weighted by Crippen LogP contribution is 2.42. The SMILES string of the molecule is CC(C)C(=O)Nc1ccc(CNCC2CC3C=CC2C3)cc1. The molecule has 1 amide bonds. The van der Waals surface area contributed by atoms with Crippen LogP contribution in [0.1, 0.15) is 32.3 Å². The molecule has 22 heavy (non-hydrogen) atoms. The molecule has 0 heterocycles. The molecule has 2 N–H and O–H groups in total. The average molecular weight is 298 g/mol. The van der Waals surface area contributed by atoms with Gasteiger partial charge in [0.15, 0.2) is 0 Å². The van der Waals surface area contributed by atoms with E-state index in [0.29, 0.717) is 0 Å². The van der Waals surface area contributed by atoms with Gasteiger partial charge in [-0.3, -0.25) is 4.79 Å². The summed E-state index contributed by atoms with van der Waals surface area (Å²) in [7, 11) is 0. The van der Waals surface area contributed by atoms with E-state index in [0.717, 1.165) is 36.5 Å². The van der Waals surface area contributed by atoms with Crippen molar-refractivity contribution >= 4 is 11.6 Å². The summed E-state index contributed by atoms with van der Waals surface area (Å²) in [6, 6.07) is 8.14. The van der Waals surface area contributed by atoms with E-state index in [9.17, 15) is 4.79 Å². The number of nitrogens with one attached hydrogen (secondary N) is 2. The molecule has 0 saturated heterocycles. The van der Waals surface area contributed by atoms with Gasteiger partial charge in [0.05, 0.1) is 0 Å². The number of anilines is 1. The van der Waals surface area contributed by atoms with Gasteiger partial charge in [-0.15, -0.1) is 0 Å². The van der Waals surface area contributed by atoms with Crippen LogP contribution in [0.4, 0.5) is 5.69 Å². The molecule has 3 nitrogen and oxygen atoms in total. The highest BCUT2D eigenvalue weighted by molar-refractivity contribution is 5.91. The van der Waals surface area contributed by atoms with E-state index in [1.807, 2.05) is 26.0 Å². The number of rotatable bonds is 6. The van der Waals surface area contributed by atoms with E-state index < -0.39 is 0 Å². The molecule has 1 aromatic carbocycles. The maximum Gasteiger partial charge on any atom is 0.226 e. The number of carbonyl (C=O) groups is 1. The summed E-state index contributed by atoms with van der Waals surface area (Å²) in [4.78, 5) is 11.6. The number of benzene rings is 1. The number of hydrogen-bond donors (Lipinski definition) is 2. The van der Waals surface area contributed by atoms with Crippen LogP contribution in [0.3, 0.4) is 0 Å². The van der Waals surface area contributed by atoms with Crippen molar-refractivity contribution in [2.45, 2.75) is 33.2 Å². The van der Waals surface area contributed by atoms with Crippen LogP contribution in [-0.4, -0.2) is 12.5 Å². The van der Waals surface area contributed by atoms with E-state index >= 15 is 0 Å². The molecule has 0 radical (unpaired) electrons. The molecular weight excluding hydrogens is 272 g/mol. The first-order valence-corrected chi connectivity index (χ1v) is 8.40. The van der Waals surface area contributed by atoms with Crippen molar-refractivity contribution in [1.29, 1.82) is 0 Å². The lowest BCUT2D eigenvalue weighted by Gasteiger charge is -2.18. The van der Waals surface area contributed by atoms with Crippen molar-refractivity contribution in [3.8, 4) is 0 Å². The van der Waals surface area contributed by atoms with Crippen LogP contribution in [0.2, 0.25) is 0 Å². The fourth-order valence-corrected chi connectivity index (χ4v) is 3.52. The Morgan fingerprint density at radius 3 is 2.55 bits per heavy atom. The lowest BCUT2D eigenvalue weighted by atomic mass is 9.93.